The first-order chi connectivity index (χ1) is 18.5. The molecule has 2 amide bonds. The lowest BCUT2D eigenvalue weighted by molar-refractivity contribution is -0.141. The number of carbonyl (C=O) groups is 2. The van der Waals surface area contributed by atoms with Crippen LogP contribution in [0.5, 0.6) is 5.75 Å². The van der Waals surface area contributed by atoms with Gasteiger partial charge in [-0.15, -0.1) is 0 Å². The Bertz CT molecular complexity index is 1250. The minimum absolute atomic E-state index is 0.0303. The quantitative estimate of drug-likeness (QED) is 0.412. The van der Waals surface area contributed by atoms with Crippen LogP contribution in [-0.2, 0) is 26.2 Å². The maximum absolute atomic E-state index is 13.8. The molecule has 0 aromatic heterocycles. The van der Waals surface area contributed by atoms with Crippen LogP contribution in [0.3, 0.4) is 0 Å². The van der Waals surface area contributed by atoms with Gasteiger partial charge in [0.25, 0.3) is 0 Å². The van der Waals surface area contributed by atoms with Crippen molar-refractivity contribution >= 4 is 27.5 Å². The van der Waals surface area contributed by atoms with Gasteiger partial charge in [0.1, 0.15) is 11.8 Å². The molecule has 1 N–H and O–H groups in total. The zero-order valence-electron chi connectivity index (χ0n) is 22.7. The van der Waals surface area contributed by atoms with E-state index in [2.05, 4.69) is 5.32 Å². The van der Waals surface area contributed by atoms with E-state index < -0.39 is 27.7 Å². The van der Waals surface area contributed by atoms with Gasteiger partial charge >= 0.3 is 0 Å². The Morgan fingerprint density at radius 3 is 2.44 bits per heavy atom. The van der Waals surface area contributed by atoms with E-state index in [0.717, 1.165) is 60.4 Å². The third-order valence-electron chi connectivity index (χ3n) is 6.95. The summed E-state index contributed by atoms with van der Waals surface area (Å²) in [6.07, 6.45) is 6.10. The van der Waals surface area contributed by atoms with Crippen LogP contribution in [0.2, 0.25) is 0 Å². The number of methoxy groups -OCH3 is 1. The summed E-state index contributed by atoms with van der Waals surface area (Å²) < 4.78 is 58.1. The van der Waals surface area contributed by atoms with Crippen LogP contribution >= 0.6 is 0 Å². The Labute approximate surface area is 229 Å². The number of anilines is 1. The highest BCUT2D eigenvalue weighted by molar-refractivity contribution is 7.92. The number of nitrogens with one attached hydrogen (secondary N) is 1. The molecule has 8 nitrogen and oxygen atoms in total. The molecule has 39 heavy (non-hydrogen) atoms. The van der Waals surface area contributed by atoms with Crippen LogP contribution in [0.15, 0.2) is 42.5 Å². The average Bonchev–Trinajstić information content (AvgIpc) is 2.91. The first-order valence-electron chi connectivity index (χ1n) is 13.1. The summed E-state index contributed by atoms with van der Waals surface area (Å²) >= 11 is 0. The summed E-state index contributed by atoms with van der Waals surface area (Å²) in [4.78, 5) is 28.1. The molecule has 0 saturated heterocycles. The molecular weight excluding hydrogens is 528 g/mol. The summed E-state index contributed by atoms with van der Waals surface area (Å²) in [6.45, 7) is 1.72. The summed E-state index contributed by atoms with van der Waals surface area (Å²) in [6, 6.07) is 9.38. The zero-order chi connectivity index (χ0) is 28.6. The molecule has 0 heterocycles. The van der Waals surface area contributed by atoms with Crippen LogP contribution in [0, 0.1) is 11.6 Å². The van der Waals surface area contributed by atoms with Gasteiger partial charge in [0.05, 0.1) is 19.1 Å². The molecule has 1 atom stereocenters. The smallest absolute Gasteiger partial charge is 0.242 e. The molecule has 214 valence electrons. The van der Waals surface area contributed by atoms with E-state index in [9.17, 15) is 26.8 Å². The van der Waals surface area contributed by atoms with E-state index in [-0.39, 0.29) is 49.5 Å². The van der Waals surface area contributed by atoms with Crippen molar-refractivity contribution in [3.63, 3.8) is 0 Å². The highest BCUT2D eigenvalue weighted by atomic mass is 32.2. The minimum atomic E-state index is -3.83. The predicted molar refractivity (Wildman–Crippen MR) is 146 cm³/mol. The van der Waals surface area contributed by atoms with Crippen molar-refractivity contribution in [2.75, 3.05) is 24.2 Å². The normalized spacial score (nSPS) is 14.9. The van der Waals surface area contributed by atoms with Crippen molar-refractivity contribution in [1.29, 1.82) is 0 Å². The molecular formula is C28H37F2N3O5S. The Kier molecular flexibility index (Phi) is 10.7. The van der Waals surface area contributed by atoms with E-state index in [4.69, 9.17) is 4.74 Å². The maximum Gasteiger partial charge on any atom is 0.242 e. The molecule has 0 radical (unpaired) electrons. The van der Waals surface area contributed by atoms with Crippen LogP contribution in [0.1, 0.15) is 57.4 Å². The van der Waals surface area contributed by atoms with Gasteiger partial charge < -0.3 is 15.0 Å². The molecule has 1 unspecified atom stereocenters. The number of hydrogen-bond acceptors (Lipinski definition) is 5. The number of rotatable bonds is 12. The summed E-state index contributed by atoms with van der Waals surface area (Å²) in [5, 5.41) is 3.08. The van der Waals surface area contributed by atoms with Crippen LogP contribution in [0.25, 0.3) is 0 Å². The largest absolute Gasteiger partial charge is 0.497 e. The van der Waals surface area contributed by atoms with Gasteiger partial charge in [-0.05, 0) is 56.0 Å². The molecule has 11 heteroatoms. The van der Waals surface area contributed by atoms with Crippen molar-refractivity contribution in [3.05, 3.63) is 59.7 Å². The minimum Gasteiger partial charge on any atom is -0.497 e. The topological polar surface area (TPSA) is 96.0 Å². The number of benzene rings is 2. The van der Waals surface area contributed by atoms with Gasteiger partial charge in [0, 0.05) is 31.6 Å². The Balaban J connectivity index is 1.74. The fourth-order valence-corrected chi connectivity index (χ4v) is 5.72. The van der Waals surface area contributed by atoms with Gasteiger partial charge in [-0.3, -0.25) is 13.9 Å². The Morgan fingerprint density at radius 1 is 1.08 bits per heavy atom. The van der Waals surface area contributed by atoms with E-state index in [1.54, 1.807) is 32.2 Å². The molecule has 0 spiro atoms. The molecule has 2 aromatic carbocycles. The lowest BCUT2D eigenvalue weighted by Gasteiger charge is -2.31. The molecule has 1 saturated carbocycles. The lowest BCUT2D eigenvalue weighted by Crippen LogP contribution is -2.50. The summed E-state index contributed by atoms with van der Waals surface area (Å²) in [5.41, 5.74) is 0.747. The fourth-order valence-electron chi connectivity index (χ4n) is 4.76. The number of nitrogens with zero attached hydrogens (tertiary/aromatic N) is 2. The Hall–Kier alpha value is -3.21. The predicted octanol–water partition coefficient (Wildman–Crippen LogP) is 4.39. The number of amides is 2. The standard InChI is InChI=1S/C28H37F2N3O5S/c1-20(28(35)31-22-10-5-4-6-11-22)32(19-21-9-7-12-24(17-21)38-2)27(34)13-8-16-33(39(3,36)37)23-14-15-25(29)26(30)18-23/h7,9,12,14-15,17-18,20,22H,4-6,8,10-11,13,16,19H2,1-3H3,(H,31,35). The van der Waals surface area contributed by atoms with E-state index in [0.29, 0.717) is 5.75 Å². The molecule has 1 fully saturated rings. The number of ether oxygens (including phenoxy) is 1. The molecule has 0 aliphatic heterocycles. The van der Waals surface area contributed by atoms with Crippen LogP contribution < -0.4 is 14.4 Å². The van der Waals surface area contributed by atoms with Gasteiger partial charge in [-0.1, -0.05) is 31.4 Å². The maximum atomic E-state index is 13.8. The second-order valence-corrected chi connectivity index (χ2v) is 11.8. The molecule has 1 aliphatic carbocycles. The van der Waals surface area contributed by atoms with Crippen molar-refractivity contribution in [1.82, 2.24) is 10.2 Å². The molecule has 3 rings (SSSR count). The second-order valence-electron chi connectivity index (χ2n) is 9.93. The zero-order valence-corrected chi connectivity index (χ0v) is 23.5. The molecule has 0 bridgehead atoms. The van der Waals surface area contributed by atoms with Gasteiger partial charge in [0.2, 0.25) is 21.8 Å². The highest BCUT2D eigenvalue weighted by Crippen LogP contribution is 2.23. The van der Waals surface area contributed by atoms with Crippen molar-refractivity contribution < 1.29 is 31.5 Å². The van der Waals surface area contributed by atoms with Crippen molar-refractivity contribution in [3.8, 4) is 5.75 Å². The van der Waals surface area contributed by atoms with Crippen molar-refractivity contribution in [2.24, 2.45) is 0 Å². The van der Waals surface area contributed by atoms with Crippen LogP contribution in [0.4, 0.5) is 14.5 Å². The third-order valence-corrected chi connectivity index (χ3v) is 8.14. The summed E-state index contributed by atoms with van der Waals surface area (Å²) in [5.74, 6) is -2.20. The fraction of sp³-hybridized carbons (Fsp3) is 0.500. The Morgan fingerprint density at radius 2 is 1.79 bits per heavy atom. The number of hydrogen-bond donors (Lipinski definition) is 1. The first-order valence-corrected chi connectivity index (χ1v) is 15.0. The number of sulfonamides is 1. The average molecular weight is 566 g/mol. The van der Waals surface area contributed by atoms with Crippen LogP contribution in [-0.4, -0.2) is 57.1 Å². The second kappa shape index (κ2) is 13.7. The van der Waals surface area contributed by atoms with E-state index in [1.807, 2.05) is 6.07 Å². The number of carbonyl (C=O) groups excluding carboxylic acids is 2. The molecule has 2 aromatic rings. The lowest BCUT2D eigenvalue weighted by atomic mass is 9.95. The van der Waals surface area contributed by atoms with Gasteiger partial charge in [-0.25, -0.2) is 17.2 Å². The summed E-state index contributed by atoms with van der Waals surface area (Å²) in [7, 11) is -2.28. The van der Waals surface area contributed by atoms with Gasteiger partial charge in [-0.2, -0.15) is 0 Å². The molecule has 1 aliphatic rings. The van der Waals surface area contributed by atoms with E-state index in [1.165, 1.54) is 11.0 Å². The highest BCUT2D eigenvalue weighted by Gasteiger charge is 2.28. The van der Waals surface area contributed by atoms with E-state index >= 15 is 0 Å². The third kappa shape index (κ3) is 8.64. The van der Waals surface area contributed by atoms with Gasteiger partial charge in [0.15, 0.2) is 11.6 Å². The van der Waals surface area contributed by atoms with Crippen molar-refractivity contribution in [2.45, 2.75) is 70.5 Å². The monoisotopic (exact) mass is 565 g/mol. The number of halogens is 2. The first kappa shape index (κ1) is 30.3. The SMILES string of the molecule is COc1cccc(CN(C(=O)CCCN(c2ccc(F)c(F)c2)S(C)(=O)=O)C(C)C(=O)NC2CCCCC2)c1.